The first-order valence-electron chi connectivity index (χ1n) is 7.94. The van der Waals surface area contributed by atoms with Gasteiger partial charge in [-0.05, 0) is 25.0 Å². The van der Waals surface area contributed by atoms with E-state index < -0.39 is 0 Å². The van der Waals surface area contributed by atoms with Gasteiger partial charge in [0.2, 0.25) is 0 Å². The van der Waals surface area contributed by atoms with Gasteiger partial charge in [0.1, 0.15) is 11.6 Å². The van der Waals surface area contributed by atoms with Crippen LogP contribution in [0.4, 0.5) is 10.2 Å². The van der Waals surface area contributed by atoms with Crippen molar-refractivity contribution in [1.82, 2.24) is 14.7 Å². The molecule has 0 saturated carbocycles. The Hall–Kier alpha value is -2.70. The van der Waals surface area contributed by atoms with E-state index in [9.17, 15) is 9.18 Å². The number of hydrogen-bond donors (Lipinski definition) is 0. The average Bonchev–Trinajstić information content (AvgIpc) is 3.00. The number of piperidine rings is 1. The van der Waals surface area contributed by atoms with Gasteiger partial charge < -0.3 is 14.0 Å². The highest BCUT2D eigenvalue weighted by atomic mass is 19.1. The minimum atomic E-state index is -0.322. The number of hydrogen-bond acceptors (Lipinski definition) is 5. The zero-order valence-corrected chi connectivity index (χ0v) is 13.3. The number of halogens is 1. The van der Waals surface area contributed by atoms with Crippen LogP contribution in [-0.2, 0) is 7.05 Å². The molecule has 6 nitrogen and oxygen atoms in total. The maximum atomic E-state index is 13.3. The highest BCUT2D eigenvalue weighted by Crippen LogP contribution is 2.33. The molecule has 1 fully saturated rings. The predicted octanol–water partition coefficient (Wildman–Crippen LogP) is 2.44. The van der Waals surface area contributed by atoms with Crippen LogP contribution in [0.2, 0.25) is 0 Å². The molecule has 0 N–H and O–H groups in total. The van der Waals surface area contributed by atoms with Crippen LogP contribution in [-0.4, -0.2) is 27.8 Å². The van der Waals surface area contributed by atoms with E-state index in [-0.39, 0.29) is 17.3 Å². The average molecular weight is 328 g/mol. The number of anilines is 1. The normalized spacial score (nSPS) is 16.0. The minimum absolute atomic E-state index is 0.0633. The first-order chi connectivity index (χ1) is 11.6. The summed E-state index contributed by atoms with van der Waals surface area (Å²) in [6.45, 7) is 1.58. The van der Waals surface area contributed by atoms with Gasteiger partial charge in [-0.15, -0.1) is 0 Å². The molecule has 3 aromatic rings. The third-order valence-electron chi connectivity index (χ3n) is 4.63. The van der Waals surface area contributed by atoms with Gasteiger partial charge in [0.05, 0.1) is 12.0 Å². The van der Waals surface area contributed by atoms with Crippen LogP contribution in [0.1, 0.15) is 24.5 Å². The Labute approximate surface area is 137 Å². The second-order valence-electron chi connectivity index (χ2n) is 6.17. The zero-order valence-electron chi connectivity index (χ0n) is 13.3. The fourth-order valence-electron chi connectivity index (χ4n) is 3.23. The molecule has 0 bridgehead atoms. The lowest BCUT2D eigenvalue weighted by Gasteiger charge is -2.31. The van der Waals surface area contributed by atoms with Gasteiger partial charge in [-0.1, -0.05) is 5.16 Å². The molecule has 0 atom stereocenters. The molecule has 24 heavy (non-hydrogen) atoms. The van der Waals surface area contributed by atoms with Crippen LogP contribution in [0, 0.1) is 5.82 Å². The van der Waals surface area contributed by atoms with E-state index in [1.807, 2.05) is 0 Å². The van der Waals surface area contributed by atoms with Crippen LogP contribution >= 0.6 is 0 Å². The summed E-state index contributed by atoms with van der Waals surface area (Å²) < 4.78 is 20.0. The minimum Gasteiger partial charge on any atom is -0.356 e. The first kappa shape index (κ1) is 14.9. The monoisotopic (exact) mass is 328 g/mol. The van der Waals surface area contributed by atoms with Crippen molar-refractivity contribution in [1.29, 1.82) is 0 Å². The van der Waals surface area contributed by atoms with Crippen molar-refractivity contribution in [3.63, 3.8) is 0 Å². The molecule has 1 aliphatic rings. The van der Waals surface area contributed by atoms with Crippen LogP contribution in [0.5, 0.6) is 0 Å². The lowest BCUT2D eigenvalue weighted by atomic mass is 9.91. The summed E-state index contributed by atoms with van der Waals surface area (Å²) in [7, 11) is 1.68. The highest BCUT2D eigenvalue weighted by Gasteiger charge is 2.25. The lowest BCUT2D eigenvalue weighted by Crippen LogP contribution is -2.34. The molecule has 0 amide bonds. The summed E-state index contributed by atoms with van der Waals surface area (Å²) in [5, 5.41) is 5.03. The van der Waals surface area contributed by atoms with Gasteiger partial charge in [0.25, 0.3) is 5.56 Å². The van der Waals surface area contributed by atoms with E-state index in [1.54, 1.807) is 25.5 Å². The van der Waals surface area contributed by atoms with Gasteiger partial charge in [-0.25, -0.2) is 9.37 Å². The zero-order chi connectivity index (χ0) is 16.7. The number of aromatic nitrogens is 3. The van der Waals surface area contributed by atoms with Crippen LogP contribution in [0.3, 0.4) is 0 Å². The predicted molar refractivity (Wildman–Crippen MR) is 87.6 cm³/mol. The van der Waals surface area contributed by atoms with Crippen molar-refractivity contribution in [3.05, 3.63) is 52.5 Å². The molecule has 124 valence electrons. The summed E-state index contributed by atoms with van der Waals surface area (Å²) in [5.41, 5.74) is 1.31. The molecule has 3 heterocycles. The van der Waals surface area contributed by atoms with Crippen LogP contribution in [0.15, 0.2) is 39.9 Å². The number of rotatable bonds is 2. The lowest BCUT2D eigenvalue weighted by molar-refractivity contribution is 0.415. The number of nitrogens with zero attached hydrogens (tertiary/aromatic N) is 4. The van der Waals surface area contributed by atoms with Gasteiger partial charge in [-0.3, -0.25) is 4.79 Å². The fourth-order valence-corrected chi connectivity index (χ4v) is 3.23. The Bertz CT molecular complexity index is 941. The van der Waals surface area contributed by atoms with Crippen molar-refractivity contribution >= 4 is 16.8 Å². The van der Waals surface area contributed by atoms with E-state index >= 15 is 0 Å². The summed E-state index contributed by atoms with van der Waals surface area (Å²) in [5.74, 6) is 0.653. The first-order valence-corrected chi connectivity index (χ1v) is 7.94. The Balaban J connectivity index is 1.53. The van der Waals surface area contributed by atoms with Gasteiger partial charge >= 0.3 is 0 Å². The Morgan fingerprint density at radius 3 is 2.79 bits per heavy atom. The SMILES string of the molecule is Cn1cnc(N2CCC(c3noc4cc(F)ccc34)CC2)cc1=O. The third kappa shape index (κ3) is 2.55. The van der Waals surface area contributed by atoms with Crippen molar-refractivity contribution in [2.75, 3.05) is 18.0 Å². The molecule has 0 unspecified atom stereocenters. The molecule has 1 saturated heterocycles. The largest absolute Gasteiger partial charge is 0.356 e. The third-order valence-corrected chi connectivity index (χ3v) is 4.63. The van der Waals surface area contributed by atoms with Crippen molar-refractivity contribution in [3.8, 4) is 0 Å². The fraction of sp³-hybridized carbons (Fsp3) is 0.353. The molecule has 2 aromatic heterocycles. The summed E-state index contributed by atoms with van der Waals surface area (Å²) in [4.78, 5) is 18.2. The summed E-state index contributed by atoms with van der Waals surface area (Å²) >= 11 is 0. The van der Waals surface area contributed by atoms with Gasteiger partial charge in [0, 0.05) is 43.6 Å². The number of fused-ring (bicyclic) bond motifs is 1. The molecule has 1 aliphatic heterocycles. The summed E-state index contributed by atoms with van der Waals surface area (Å²) in [6.07, 6.45) is 3.31. The molecule has 4 rings (SSSR count). The topological polar surface area (TPSA) is 64.2 Å². The van der Waals surface area contributed by atoms with Crippen LogP contribution in [0.25, 0.3) is 11.0 Å². The van der Waals surface area contributed by atoms with E-state index in [0.717, 1.165) is 37.0 Å². The smallest absolute Gasteiger partial charge is 0.255 e. The van der Waals surface area contributed by atoms with Gasteiger partial charge in [0.15, 0.2) is 5.58 Å². The van der Waals surface area contributed by atoms with E-state index in [1.165, 1.54) is 16.7 Å². The van der Waals surface area contributed by atoms with Crippen molar-refractivity contribution < 1.29 is 8.91 Å². The Morgan fingerprint density at radius 2 is 2.04 bits per heavy atom. The highest BCUT2D eigenvalue weighted by molar-refractivity contribution is 5.79. The maximum Gasteiger partial charge on any atom is 0.255 e. The molecule has 1 aromatic carbocycles. The van der Waals surface area contributed by atoms with E-state index in [0.29, 0.717) is 11.4 Å². The number of benzene rings is 1. The quantitative estimate of drug-likeness (QED) is 0.723. The molecule has 7 heteroatoms. The molecular formula is C17H17FN4O2. The maximum absolute atomic E-state index is 13.3. The molecule has 0 aliphatic carbocycles. The Morgan fingerprint density at radius 1 is 1.25 bits per heavy atom. The Kier molecular flexibility index (Phi) is 3.55. The second kappa shape index (κ2) is 5.74. The van der Waals surface area contributed by atoms with E-state index in [4.69, 9.17) is 4.52 Å². The second-order valence-corrected chi connectivity index (χ2v) is 6.17. The molecule has 0 radical (unpaired) electrons. The van der Waals surface area contributed by atoms with Crippen LogP contribution < -0.4 is 10.5 Å². The van der Waals surface area contributed by atoms with Crippen molar-refractivity contribution in [2.24, 2.45) is 7.05 Å². The standard InChI is InChI=1S/C17H17FN4O2/c1-21-10-19-15(9-16(21)23)22-6-4-11(5-7-22)17-13-3-2-12(18)8-14(13)24-20-17/h2-3,8-11H,4-7H2,1H3. The molecular weight excluding hydrogens is 311 g/mol. The summed E-state index contributed by atoms with van der Waals surface area (Å²) in [6, 6.07) is 6.09. The number of aryl methyl sites for hydroxylation is 1. The van der Waals surface area contributed by atoms with Gasteiger partial charge in [-0.2, -0.15) is 0 Å². The van der Waals surface area contributed by atoms with Crippen molar-refractivity contribution in [2.45, 2.75) is 18.8 Å². The van der Waals surface area contributed by atoms with E-state index in [2.05, 4.69) is 15.0 Å². The molecule has 0 spiro atoms.